The van der Waals surface area contributed by atoms with E-state index in [9.17, 15) is 9.59 Å². The van der Waals surface area contributed by atoms with Crippen molar-refractivity contribution in [1.29, 1.82) is 5.26 Å². The summed E-state index contributed by atoms with van der Waals surface area (Å²) in [4.78, 5) is 24.1. The molecule has 0 N–H and O–H groups in total. The lowest BCUT2D eigenvalue weighted by Gasteiger charge is -2.10. The number of esters is 1. The molecule has 0 saturated heterocycles. The molecule has 6 nitrogen and oxygen atoms in total. The van der Waals surface area contributed by atoms with Gasteiger partial charge >= 0.3 is 5.97 Å². The summed E-state index contributed by atoms with van der Waals surface area (Å²) in [6.45, 7) is 1.29. The Hall–Kier alpha value is -2.81. The lowest BCUT2D eigenvalue weighted by Crippen LogP contribution is -2.22. The number of likely N-dealkylation sites (N-methyl/N-ethyl adjacent to an activating group) is 1. The number of benzene rings is 1. The normalized spacial score (nSPS) is 10.5. The fourth-order valence-corrected chi connectivity index (χ4v) is 1.56. The summed E-state index contributed by atoms with van der Waals surface area (Å²) < 4.78 is 10.1. The summed E-state index contributed by atoms with van der Waals surface area (Å²) in [6.07, 6.45) is 1.45. The lowest BCUT2D eigenvalue weighted by atomic mass is 10.1. The van der Waals surface area contributed by atoms with Crippen molar-refractivity contribution < 1.29 is 19.1 Å². The molecule has 0 bridgehead atoms. The standard InChI is InChI=1S/C15H16N2O4/c1-10(18)21-13-6-5-11(8-14(13)20-4)7-12(9-16)15(19)17(2)3/h5-8H,1-4H3/b12-7-. The molecular formula is C15H16N2O4. The average molecular weight is 288 g/mol. The molecule has 0 fully saturated rings. The van der Waals surface area contributed by atoms with Crippen molar-refractivity contribution >= 4 is 18.0 Å². The zero-order valence-corrected chi connectivity index (χ0v) is 12.3. The quantitative estimate of drug-likeness (QED) is 0.364. The van der Waals surface area contributed by atoms with Gasteiger partial charge in [0, 0.05) is 21.0 Å². The van der Waals surface area contributed by atoms with Gasteiger partial charge in [-0.1, -0.05) is 6.07 Å². The fraction of sp³-hybridized carbons (Fsp3) is 0.267. The van der Waals surface area contributed by atoms with E-state index in [0.717, 1.165) is 0 Å². The number of hydrogen-bond acceptors (Lipinski definition) is 5. The van der Waals surface area contributed by atoms with Gasteiger partial charge < -0.3 is 14.4 Å². The van der Waals surface area contributed by atoms with Crippen molar-refractivity contribution in [2.75, 3.05) is 21.2 Å². The molecular weight excluding hydrogens is 272 g/mol. The van der Waals surface area contributed by atoms with E-state index in [1.54, 1.807) is 32.3 Å². The highest BCUT2D eigenvalue weighted by Crippen LogP contribution is 2.29. The second-order valence-corrected chi connectivity index (χ2v) is 4.37. The highest BCUT2D eigenvalue weighted by molar-refractivity contribution is 6.01. The van der Waals surface area contributed by atoms with Crippen LogP contribution in [0.2, 0.25) is 0 Å². The number of amides is 1. The number of carbonyl (C=O) groups is 2. The Bertz CT molecular complexity index is 627. The molecule has 0 aliphatic rings. The summed E-state index contributed by atoms with van der Waals surface area (Å²) in [5, 5.41) is 9.04. The van der Waals surface area contributed by atoms with Crippen LogP contribution in [0, 0.1) is 11.3 Å². The van der Waals surface area contributed by atoms with Crippen molar-refractivity contribution in [3.05, 3.63) is 29.3 Å². The van der Waals surface area contributed by atoms with E-state index in [1.807, 2.05) is 6.07 Å². The van der Waals surface area contributed by atoms with Gasteiger partial charge in [0.1, 0.15) is 11.6 Å². The first kappa shape index (κ1) is 16.2. The molecule has 0 spiro atoms. The predicted molar refractivity (Wildman–Crippen MR) is 76.6 cm³/mol. The number of methoxy groups -OCH3 is 1. The van der Waals surface area contributed by atoms with E-state index < -0.39 is 5.97 Å². The molecule has 1 aromatic carbocycles. The van der Waals surface area contributed by atoms with Gasteiger partial charge in [-0.05, 0) is 23.8 Å². The average Bonchev–Trinajstić information content (AvgIpc) is 2.44. The van der Waals surface area contributed by atoms with Crippen LogP contribution < -0.4 is 9.47 Å². The van der Waals surface area contributed by atoms with E-state index in [1.165, 1.54) is 25.0 Å². The third-order valence-electron chi connectivity index (χ3n) is 2.51. The van der Waals surface area contributed by atoms with E-state index in [4.69, 9.17) is 14.7 Å². The number of hydrogen-bond donors (Lipinski definition) is 0. The minimum atomic E-state index is -0.461. The fourth-order valence-electron chi connectivity index (χ4n) is 1.56. The summed E-state index contributed by atoms with van der Waals surface area (Å²) in [6, 6.07) is 6.61. The number of ether oxygens (including phenoxy) is 2. The van der Waals surface area contributed by atoms with E-state index in [0.29, 0.717) is 11.3 Å². The second-order valence-electron chi connectivity index (χ2n) is 4.37. The summed E-state index contributed by atoms with van der Waals surface area (Å²) in [7, 11) is 4.57. The molecule has 110 valence electrons. The Morgan fingerprint density at radius 1 is 1.29 bits per heavy atom. The predicted octanol–water partition coefficient (Wildman–Crippen LogP) is 1.62. The number of rotatable bonds is 4. The van der Waals surface area contributed by atoms with Gasteiger partial charge in [0.2, 0.25) is 0 Å². The smallest absolute Gasteiger partial charge is 0.308 e. The van der Waals surface area contributed by atoms with Crippen molar-refractivity contribution in [3.63, 3.8) is 0 Å². The number of nitriles is 1. The molecule has 1 aromatic rings. The van der Waals surface area contributed by atoms with E-state index in [-0.39, 0.29) is 17.2 Å². The molecule has 0 aromatic heterocycles. The Balaban J connectivity index is 3.18. The van der Waals surface area contributed by atoms with Gasteiger partial charge in [0.15, 0.2) is 11.5 Å². The summed E-state index contributed by atoms with van der Waals surface area (Å²) in [5.41, 5.74) is 0.594. The van der Waals surface area contributed by atoms with Crippen molar-refractivity contribution in [1.82, 2.24) is 4.90 Å². The van der Waals surface area contributed by atoms with Crippen LogP contribution in [-0.2, 0) is 9.59 Å². The van der Waals surface area contributed by atoms with Crippen LogP contribution in [-0.4, -0.2) is 38.0 Å². The van der Waals surface area contributed by atoms with Crippen LogP contribution >= 0.6 is 0 Å². The van der Waals surface area contributed by atoms with Gasteiger partial charge in [-0.25, -0.2) is 0 Å². The molecule has 0 heterocycles. The Morgan fingerprint density at radius 2 is 1.95 bits per heavy atom. The zero-order chi connectivity index (χ0) is 16.0. The maximum Gasteiger partial charge on any atom is 0.308 e. The molecule has 6 heteroatoms. The maximum atomic E-state index is 11.8. The minimum Gasteiger partial charge on any atom is -0.493 e. The highest BCUT2D eigenvalue weighted by atomic mass is 16.6. The Labute approximate surface area is 123 Å². The first-order valence-corrected chi connectivity index (χ1v) is 6.09. The molecule has 0 saturated carbocycles. The van der Waals surface area contributed by atoms with Crippen molar-refractivity contribution in [2.45, 2.75) is 6.92 Å². The molecule has 0 radical (unpaired) electrons. The monoisotopic (exact) mass is 288 g/mol. The summed E-state index contributed by atoms with van der Waals surface area (Å²) in [5.74, 6) is -0.231. The van der Waals surface area contributed by atoms with Gasteiger partial charge in [-0.2, -0.15) is 5.26 Å². The Morgan fingerprint density at radius 3 is 2.43 bits per heavy atom. The van der Waals surface area contributed by atoms with Crippen LogP contribution in [0.3, 0.4) is 0 Å². The molecule has 0 aliphatic heterocycles. The number of carbonyl (C=O) groups excluding carboxylic acids is 2. The minimum absolute atomic E-state index is 0.00212. The highest BCUT2D eigenvalue weighted by Gasteiger charge is 2.12. The molecule has 0 atom stereocenters. The summed E-state index contributed by atoms with van der Waals surface area (Å²) >= 11 is 0. The van der Waals surface area contributed by atoms with Gasteiger partial charge in [-0.3, -0.25) is 9.59 Å². The van der Waals surface area contributed by atoms with Crippen molar-refractivity contribution in [3.8, 4) is 17.6 Å². The van der Waals surface area contributed by atoms with Gasteiger partial charge in [-0.15, -0.1) is 0 Å². The zero-order valence-electron chi connectivity index (χ0n) is 12.3. The van der Waals surface area contributed by atoms with Crippen molar-refractivity contribution in [2.24, 2.45) is 0 Å². The van der Waals surface area contributed by atoms with E-state index in [2.05, 4.69) is 0 Å². The van der Waals surface area contributed by atoms with Gasteiger partial charge in [0.05, 0.1) is 7.11 Å². The largest absolute Gasteiger partial charge is 0.493 e. The molecule has 0 aliphatic carbocycles. The SMILES string of the molecule is COc1cc(/C=C(/C#N)C(=O)N(C)C)ccc1OC(C)=O. The van der Waals surface area contributed by atoms with Crippen LogP contribution in [0.4, 0.5) is 0 Å². The number of nitrogens with zero attached hydrogens (tertiary/aromatic N) is 2. The third kappa shape index (κ3) is 4.35. The van der Waals surface area contributed by atoms with Crippen LogP contribution in [0.1, 0.15) is 12.5 Å². The Kier molecular flexibility index (Phi) is 5.49. The first-order chi connectivity index (χ1) is 9.88. The van der Waals surface area contributed by atoms with Crippen LogP contribution in [0.15, 0.2) is 23.8 Å². The van der Waals surface area contributed by atoms with Crippen LogP contribution in [0.25, 0.3) is 6.08 Å². The first-order valence-electron chi connectivity index (χ1n) is 6.09. The molecule has 1 amide bonds. The molecule has 21 heavy (non-hydrogen) atoms. The second kappa shape index (κ2) is 7.10. The van der Waals surface area contributed by atoms with E-state index >= 15 is 0 Å². The lowest BCUT2D eigenvalue weighted by molar-refractivity contribution is -0.132. The third-order valence-corrected chi connectivity index (χ3v) is 2.51. The topological polar surface area (TPSA) is 79.6 Å². The van der Waals surface area contributed by atoms with Gasteiger partial charge in [0.25, 0.3) is 5.91 Å². The molecule has 0 unspecified atom stereocenters. The molecule has 1 rings (SSSR count). The maximum absolute atomic E-state index is 11.8. The van der Waals surface area contributed by atoms with Crippen LogP contribution in [0.5, 0.6) is 11.5 Å².